The van der Waals surface area contributed by atoms with E-state index in [-0.39, 0.29) is 5.83 Å². The van der Waals surface area contributed by atoms with Crippen molar-refractivity contribution in [3.05, 3.63) is 47.2 Å². The van der Waals surface area contributed by atoms with Crippen LogP contribution in [0.15, 0.2) is 40.1 Å². The Morgan fingerprint density at radius 2 is 2.25 bits per heavy atom. The van der Waals surface area contributed by atoms with Crippen LogP contribution in [0, 0.1) is 18.8 Å². The summed E-state index contributed by atoms with van der Waals surface area (Å²) in [7, 11) is 0. The standard InChI is InChI=1S/C14H15FO/c1-4-6-12(14(15)5-2)8-10-13-9-7-11(3)16-13/h4,6-7,9H,5H2,1-3H3/b6-4-,14-12-. The van der Waals surface area contributed by atoms with Gasteiger partial charge in [-0.1, -0.05) is 18.9 Å². The van der Waals surface area contributed by atoms with Crippen LogP contribution in [0.4, 0.5) is 4.39 Å². The Balaban J connectivity index is 2.97. The Morgan fingerprint density at radius 1 is 1.50 bits per heavy atom. The van der Waals surface area contributed by atoms with Crippen LogP contribution >= 0.6 is 0 Å². The van der Waals surface area contributed by atoms with Crippen molar-refractivity contribution in [2.75, 3.05) is 0 Å². The summed E-state index contributed by atoms with van der Waals surface area (Å²) in [6.07, 6.45) is 3.79. The lowest BCUT2D eigenvalue weighted by Crippen LogP contribution is -1.79. The zero-order valence-corrected chi connectivity index (χ0v) is 9.80. The number of allylic oxidation sites excluding steroid dienone is 4. The maximum absolute atomic E-state index is 13.4. The van der Waals surface area contributed by atoms with Gasteiger partial charge in [-0.25, -0.2) is 4.39 Å². The van der Waals surface area contributed by atoms with Crippen LogP contribution in [0.5, 0.6) is 0 Å². The predicted octanol–water partition coefficient (Wildman–Crippen LogP) is 4.15. The van der Waals surface area contributed by atoms with Crippen LogP contribution in [0.2, 0.25) is 0 Å². The molecule has 0 saturated carbocycles. The van der Waals surface area contributed by atoms with Gasteiger partial charge in [0.05, 0.1) is 5.57 Å². The van der Waals surface area contributed by atoms with Crippen molar-refractivity contribution in [1.29, 1.82) is 0 Å². The summed E-state index contributed by atoms with van der Waals surface area (Å²) >= 11 is 0. The second kappa shape index (κ2) is 5.97. The zero-order valence-electron chi connectivity index (χ0n) is 9.80. The van der Waals surface area contributed by atoms with E-state index in [1.807, 2.05) is 19.9 Å². The summed E-state index contributed by atoms with van der Waals surface area (Å²) in [4.78, 5) is 0. The van der Waals surface area contributed by atoms with Crippen LogP contribution in [-0.4, -0.2) is 0 Å². The van der Waals surface area contributed by atoms with E-state index in [2.05, 4.69) is 11.8 Å². The first-order valence-electron chi connectivity index (χ1n) is 5.27. The van der Waals surface area contributed by atoms with Gasteiger partial charge in [-0.05, 0) is 44.4 Å². The van der Waals surface area contributed by atoms with Crippen LogP contribution < -0.4 is 0 Å². The molecular weight excluding hydrogens is 203 g/mol. The Bertz CT molecular complexity index is 466. The minimum Gasteiger partial charge on any atom is -0.453 e. The minimum atomic E-state index is -0.200. The molecule has 1 aromatic rings. The van der Waals surface area contributed by atoms with E-state index in [9.17, 15) is 4.39 Å². The van der Waals surface area contributed by atoms with Crippen molar-refractivity contribution in [2.45, 2.75) is 27.2 Å². The molecule has 0 fully saturated rings. The average Bonchev–Trinajstić information content (AvgIpc) is 2.69. The molecule has 0 spiro atoms. The molecule has 1 nitrogen and oxygen atoms in total. The van der Waals surface area contributed by atoms with Gasteiger partial charge in [-0.3, -0.25) is 0 Å². The van der Waals surface area contributed by atoms with E-state index in [4.69, 9.17) is 4.42 Å². The number of rotatable bonds is 2. The number of aryl methyl sites for hydroxylation is 1. The van der Waals surface area contributed by atoms with Crippen LogP contribution in [0.1, 0.15) is 31.8 Å². The number of furan rings is 1. The van der Waals surface area contributed by atoms with Gasteiger partial charge < -0.3 is 4.42 Å². The summed E-state index contributed by atoms with van der Waals surface area (Å²) in [6.45, 7) is 5.44. The molecule has 1 heterocycles. The SMILES string of the molecule is C/C=C\C(C#Cc1ccc(C)o1)=C(\F)CC. The number of hydrogen-bond acceptors (Lipinski definition) is 1. The van der Waals surface area contributed by atoms with Crippen LogP contribution in [0.25, 0.3) is 0 Å². The molecule has 16 heavy (non-hydrogen) atoms. The van der Waals surface area contributed by atoms with E-state index in [1.54, 1.807) is 25.1 Å². The normalized spacial score (nSPS) is 12.2. The lowest BCUT2D eigenvalue weighted by molar-refractivity contribution is 0.522. The Morgan fingerprint density at radius 3 is 2.75 bits per heavy atom. The minimum absolute atomic E-state index is 0.200. The first-order valence-corrected chi connectivity index (χ1v) is 5.27. The van der Waals surface area contributed by atoms with Gasteiger partial charge in [-0.2, -0.15) is 0 Å². The highest BCUT2D eigenvalue weighted by atomic mass is 19.1. The molecule has 2 heteroatoms. The first-order chi connectivity index (χ1) is 7.67. The second-order valence-electron chi connectivity index (χ2n) is 3.33. The molecule has 0 N–H and O–H groups in total. The Kier molecular flexibility index (Phi) is 4.60. The lowest BCUT2D eigenvalue weighted by Gasteiger charge is -1.93. The summed E-state index contributed by atoms with van der Waals surface area (Å²) < 4.78 is 18.7. The molecular formula is C14H15FO. The molecule has 0 saturated heterocycles. The molecule has 1 aromatic heterocycles. The van der Waals surface area contributed by atoms with Crippen molar-refractivity contribution in [3.63, 3.8) is 0 Å². The molecule has 0 aliphatic rings. The van der Waals surface area contributed by atoms with Gasteiger partial charge in [0.1, 0.15) is 11.6 Å². The fourth-order valence-corrected chi connectivity index (χ4v) is 1.19. The van der Waals surface area contributed by atoms with Gasteiger partial charge in [-0.15, -0.1) is 0 Å². The number of hydrogen-bond donors (Lipinski definition) is 0. The maximum Gasteiger partial charge on any atom is 0.177 e. The third-order valence-electron chi connectivity index (χ3n) is 2.00. The highest BCUT2D eigenvalue weighted by Crippen LogP contribution is 2.11. The van der Waals surface area contributed by atoms with E-state index in [1.165, 1.54) is 0 Å². The predicted molar refractivity (Wildman–Crippen MR) is 63.6 cm³/mol. The van der Waals surface area contributed by atoms with E-state index in [0.29, 0.717) is 17.8 Å². The van der Waals surface area contributed by atoms with Gasteiger partial charge in [0.25, 0.3) is 0 Å². The molecule has 0 amide bonds. The fraction of sp³-hybridized carbons (Fsp3) is 0.286. The molecule has 84 valence electrons. The molecule has 0 aliphatic carbocycles. The highest BCUT2D eigenvalue weighted by molar-refractivity contribution is 5.43. The van der Waals surface area contributed by atoms with Gasteiger partial charge >= 0.3 is 0 Å². The van der Waals surface area contributed by atoms with E-state index < -0.39 is 0 Å². The zero-order chi connectivity index (χ0) is 12.0. The molecule has 0 radical (unpaired) electrons. The van der Waals surface area contributed by atoms with Crippen molar-refractivity contribution < 1.29 is 8.81 Å². The summed E-state index contributed by atoms with van der Waals surface area (Å²) in [5, 5.41) is 0. The van der Waals surface area contributed by atoms with E-state index >= 15 is 0 Å². The molecule has 1 rings (SSSR count). The van der Waals surface area contributed by atoms with Gasteiger partial charge in [0.2, 0.25) is 0 Å². The fourth-order valence-electron chi connectivity index (χ4n) is 1.19. The topological polar surface area (TPSA) is 13.1 Å². The lowest BCUT2D eigenvalue weighted by atomic mass is 10.2. The highest BCUT2D eigenvalue weighted by Gasteiger charge is 1.98. The summed E-state index contributed by atoms with van der Waals surface area (Å²) in [5.41, 5.74) is 0.416. The monoisotopic (exact) mass is 218 g/mol. The van der Waals surface area contributed by atoms with Crippen LogP contribution in [-0.2, 0) is 0 Å². The molecule has 0 aromatic carbocycles. The average molecular weight is 218 g/mol. The Hall–Kier alpha value is -1.75. The second-order valence-corrected chi connectivity index (χ2v) is 3.33. The molecule has 0 bridgehead atoms. The van der Waals surface area contributed by atoms with Crippen LogP contribution in [0.3, 0.4) is 0 Å². The molecule has 0 unspecified atom stereocenters. The summed E-state index contributed by atoms with van der Waals surface area (Å²) in [6, 6.07) is 3.61. The maximum atomic E-state index is 13.4. The number of halogens is 1. The largest absolute Gasteiger partial charge is 0.453 e. The van der Waals surface area contributed by atoms with Crippen molar-refractivity contribution >= 4 is 0 Å². The molecule has 0 atom stereocenters. The van der Waals surface area contributed by atoms with E-state index in [0.717, 1.165) is 5.76 Å². The third kappa shape index (κ3) is 3.43. The van der Waals surface area contributed by atoms with Crippen molar-refractivity contribution in [3.8, 4) is 11.8 Å². The van der Waals surface area contributed by atoms with Gasteiger partial charge in [0.15, 0.2) is 5.76 Å². The third-order valence-corrected chi connectivity index (χ3v) is 2.00. The smallest absolute Gasteiger partial charge is 0.177 e. The summed E-state index contributed by atoms with van der Waals surface area (Å²) in [5.74, 6) is 6.74. The first kappa shape index (κ1) is 12.3. The molecule has 0 aliphatic heterocycles. The van der Waals surface area contributed by atoms with Crippen molar-refractivity contribution in [1.82, 2.24) is 0 Å². The Labute approximate surface area is 95.7 Å². The van der Waals surface area contributed by atoms with Crippen molar-refractivity contribution in [2.24, 2.45) is 0 Å². The van der Waals surface area contributed by atoms with Gasteiger partial charge in [0, 0.05) is 0 Å². The quantitative estimate of drug-likeness (QED) is 0.537.